The van der Waals surface area contributed by atoms with E-state index in [1.54, 1.807) is 0 Å². The Morgan fingerprint density at radius 3 is 2.71 bits per heavy atom. The smallest absolute Gasteiger partial charge is 0.296 e. The van der Waals surface area contributed by atoms with E-state index in [1.807, 2.05) is 0 Å². The molecule has 8 heteroatoms. The molecule has 2 N–H and O–H groups in total. The molecule has 0 aliphatic carbocycles. The number of nitrogens with one attached hydrogen (secondary N) is 1. The van der Waals surface area contributed by atoms with E-state index < -0.39 is 10.4 Å². The van der Waals surface area contributed by atoms with Gasteiger partial charge in [0.1, 0.15) is 34.7 Å². The lowest BCUT2D eigenvalue weighted by Gasteiger charge is -2.08. The number of nitrogens with zero attached hydrogens (tertiary/aromatic N) is 1. The largest absolute Gasteiger partial charge is 0.508 e. The number of methoxy groups -OCH3 is 1. The zero-order valence-corrected chi connectivity index (χ0v) is 12.5. The van der Waals surface area contributed by atoms with Crippen LogP contribution < -0.4 is 15.5 Å². The minimum Gasteiger partial charge on any atom is -0.508 e. The Hall–Kier alpha value is -3.55. The van der Waals surface area contributed by atoms with E-state index in [0.29, 0.717) is 5.75 Å². The Morgan fingerprint density at radius 1 is 1.21 bits per heavy atom. The summed E-state index contributed by atoms with van der Waals surface area (Å²) in [4.78, 5) is 23.1. The highest BCUT2D eigenvalue weighted by atomic mass is 16.6. The van der Waals surface area contributed by atoms with E-state index in [9.17, 15) is 20.0 Å². The van der Waals surface area contributed by atoms with Gasteiger partial charge in [0, 0.05) is 6.07 Å². The van der Waals surface area contributed by atoms with Gasteiger partial charge in [0.2, 0.25) is 5.43 Å². The molecule has 0 atom stereocenters. The van der Waals surface area contributed by atoms with Crippen molar-refractivity contribution in [2.45, 2.75) is 0 Å². The molecule has 8 nitrogen and oxygen atoms in total. The third-order valence-corrected chi connectivity index (χ3v) is 3.43. The number of ether oxygens (including phenoxy) is 1. The summed E-state index contributed by atoms with van der Waals surface area (Å²) in [6, 6.07) is 8.33. The molecule has 0 bridgehead atoms. The lowest BCUT2D eigenvalue weighted by molar-refractivity contribution is -0.384. The van der Waals surface area contributed by atoms with Crippen molar-refractivity contribution in [3.8, 4) is 11.5 Å². The van der Waals surface area contributed by atoms with Crippen LogP contribution in [0.4, 0.5) is 17.1 Å². The second kappa shape index (κ2) is 5.92. The number of nitro benzene ring substituents is 1. The van der Waals surface area contributed by atoms with Crippen molar-refractivity contribution in [1.82, 2.24) is 0 Å². The standard InChI is InChI=1S/C16H12N2O6/c1-23-10-3-5-12(14(7-10)18(21)22)17-13-8-24-15-6-9(19)2-4-11(15)16(13)20/h2-8,17,19H,1H3. The lowest BCUT2D eigenvalue weighted by atomic mass is 10.2. The average molecular weight is 328 g/mol. The van der Waals surface area contributed by atoms with Crippen LogP contribution in [0.2, 0.25) is 0 Å². The molecule has 0 amide bonds. The van der Waals surface area contributed by atoms with E-state index in [-0.39, 0.29) is 33.8 Å². The molecular weight excluding hydrogens is 316 g/mol. The second-order valence-electron chi connectivity index (χ2n) is 4.92. The number of rotatable bonds is 4. The molecule has 3 rings (SSSR count). The Morgan fingerprint density at radius 2 is 2.00 bits per heavy atom. The molecular formula is C16H12N2O6. The third-order valence-electron chi connectivity index (χ3n) is 3.43. The third kappa shape index (κ3) is 2.72. The van der Waals surface area contributed by atoms with Crippen molar-refractivity contribution in [2.24, 2.45) is 0 Å². The van der Waals surface area contributed by atoms with E-state index >= 15 is 0 Å². The molecule has 0 aliphatic rings. The van der Waals surface area contributed by atoms with Gasteiger partial charge < -0.3 is 19.6 Å². The normalized spacial score (nSPS) is 10.5. The molecule has 0 saturated carbocycles. The molecule has 0 radical (unpaired) electrons. The fraction of sp³-hybridized carbons (Fsp3) is 0.0625. The Bertz CT molecular complexity index is 996. The Labute approximate surface area is 135 Å². The summed E-state index contributed by atoms with van der Waals surface area (Å²) in [5.41, 5.74) is -0.247. The van der Waals surface area contributed by atoms with Gasteiger partial charge in [-0.3, -0.25) is 14.9 Å². The van der Waals surface area contributed by atoms with E-state index in [2.05, 4.69) is 5.32 Å². The van der Waals surface area contributed by atoms with Gasteiger partial charge in [0.25, 0.3) is 5.69 Å². The van der Waals surface area contributed by atoms with Gasteiger partial charge in [-0.05, 0) is 24.3 Å². The van der Waals surface area contributed by atoms with E-state index in [4.69, 9.17) is 9.15 Å². The highest BCUT2D eigenvalue weighted by molar-refractivity contribution is 5.82. The first-order valence-corrected chi connectivity index (χ1v) is 6.83. The number of benzene rings is 2. The summed E-state index contributed by atoms with van der Waals surface area (Å²) in [6.07, 6.45) is 1.15. The van der Waals surface area contributed by atoms with Crippen LogP contribution in [0.5, 0.6) is 11.5 Å². The topological polar surface area (TPSA) is 115 Å². The molecule has 0 spiro atoms. The van der Waals surface area contributed by atoms with E-state index in [0.717, 1.165) is 6.26 Å². The number of nitro groups is 1. The SMILES string of the molecule is COc1ccc(Nc2coc3cc(O)ccc3c2=O)c([N+](=O)[O-])c1. The van der Waals surface area contributed by atoms with Gasteiger partial charge in [-0.2, -0.15) is 0 Å². The maximum Gasteiger partial charge on any atom is 0.296 e. The van der Waals surface area contributed by atoms with Gasteiger partial charge in [-0.15, -0.1) is 0 Å². The van der Waals surface area contributed by atoms with Crippen molar-refractivity contribution in [3.63, 3.8) is 0 Å². The summed E-state index contributed by atoms with van der Waals surface area (Å²) in [5.74, 6) is 0.297. The van der Waals surface area contributed by atoms with Gasteiger partial charge in [-0.25, -0.2) is 0 Å². The molecule has 1 aromatic heterocycles. The van der Waals surface area contributed by atoms with Gasteiger partial charge in [-0.1, -0.05) is 0 Å². The Kier molecular flexibility index (Phi) is 3.78. The van der Waals surface area contributed by atoms with Gasteiger partial charge in [0.05, 0.1) is 23.5 Å². The van der Waals surface area contributed by atoms with Crippen LogP contribution in [-0.4, -0.2) is 17.1 Å². The summed E-state index contributed by atoms with van der Waals surface area (Å²) < 4.78 is 10.3. The van der Waals surface area contributed by atoms with Crippen LogP contribution >= 0.6 is 0 Å². The molecule has 0 saturated heterocycles. The fourth-order valence-electron chi connectivity index (χ4n) is 2.24. The molecule has 0 fully saturated rings. The van der Waals surface area contributed by atoms with Crippen molar-refractivity contribution in [1.29, 1.82) is 0 Å². The average Bonchev–Trinajstić information content (AvgIpc) is 2.57. The number of hydrogen-bond acceptors (Lipinski definition) is 7. The molecule has 0 unspecified atom stereocenters. The molecule has 3 aromatic rings. The van der Waals surface area contributed by atoms with Crippen LogP contribution in [0.3, 0.4) is 0 Å². The molecule has 1 heterocycles. The second-order valence-corrected chi connectivity index (χ2v) is 4.92. The van der Waals surface area contributed by atoms with Crippen LogP contribution in [0.15, 0.2) is 51.9 Å². The van der Waals surface area contributed by atoms with Crippen molar-refractivity contribution >= 4 is 28.0 Å². The maximum atomic E-state index is 12.4. The number of fused-ring (bicyclic) bond motifs is 1. The number of hydrogen-bond donors (Lipinski definition) is 2. The van der Waals surface area contributed by atoms with Crippen LogP contribution in [0, 0.1) is 10.1 Å². The number of phenolic OH excluding ortho intramolecular Hbond substituents is 1. The first-order valence-electron chi connectivity index (χ1n) is 6.83. The highest BCUT2D eigenvalue weighted by Gasteiger charge is 2.17. The summed E-state index contributed by atoms with van der Waals surface area (Å²) >= 11 is 0. The minimum atomic E-state index is -0.578. The minimum absolute atomic E-state index is 0.0304. The molecule has 2 aromatic carbocycles. The number of phenols is 1. The van der Waals surface area contributed by atoms with Crippen LogP contribution in [-0.2, 0) is 0 Å². The Balaban J connectivity index is 2.07. The number of aromatic hydroxyl groups is 1. The first kappa shape index (κ1) is 15.3. The quantitative estimate of drug-likeness (QED) is 0.558. The monoisotopic (exact) mass is 328 g/mol. The predicted octanol–water partition coefficient (Wildman–Crippen LogP) is 3.16. The zero-order valence-electron chi connectivity index (χ0n) is 12.5. The summed E-state index contributed by atoms with van der Waals surface area (Å²) in [6.45, 7) is 0. The first-order chi connectivity index (χ1) is 11.5. The zero-order chi connectivity index (χ0) is 17.3. The molecule has 0 aliphatic heterocycles. The van der Waals surface area contributed by atoms with Gasteiger partial charge >= 0.3 is 0 Å². The van der Waals surface area contributed by atoms with Crippen LogP contribution in [0.1, 0.15) is 0 Å². The highest BCUT2D eigenvalue weighted by Crippen LogP contribution is 2.31. The predicted molar refractivity (Wildman–Crippen MR) is 87.1 cm³/mol. The summed E-state index contributed by atoms with van der Waals surface area (Å²) in [5, 5.41) is 23.6. The van der Waals surface area contributed by atoms with Crippen molar-refractivity contribution < 1.29 is 19.2 Å². The van der Waals surface area contributed by atoms with Crippen LogP contribution in [0.25, 0.3) is 11.0 Å². The summed E-state index contributed by atoms with van der Waals surface area (Å²) in [7, 11) is 1.40. The van der Waals surface area contributed by atoms with Crippen molar-refractivity contribution in [3.05, 3.63) is 63.0 Å². The lowest BCUT2D eigenvalue weighted by Crippen LogP contribution is -2.09. The maximum absolute atomic E-state index is 12.4. The van der Waals surface area contributed by atoms with Gasteiger partial charge in [0.15, 0.2) is 0 Å². The molecule has 122 valence electrons. The van der Waals surface area contributed by atoms with Crippen molar-refractivity contribution in [2.75, 3.05) is 12.4 Å². The van der Waals surface area contributed by atoms with E-state index in [1.165, 1.54) is 43.5 Å². The number of anilines is 2. The fourth-order valence-corrected chi connectivity index (χ4v) is 2.24. The molecule has 24 heavy (non-hydrogen) atoms.